The van der Waals surface area contributed by atoms with Gasteiger partial charge in [0.25, 0.3) is 0 Å². The summed E-state index contributed by atoms with van der Waals surface area (Å²) in [4.78, 5) is 0. The fraction of sp³-hybridized carbons (Fsp3) is 0.455. The van der Waals surface area contributed by atoms with Gasteiger partial charge >= 0.3 is 5.51 Å². The maximum absolute atomic E-state index is 11.9. The van der Waals surface area contributed by atoms with E-state index in [1.165, 1.54) is 0 Å². The Morgan fingerprint density at radius 2 is 2.12 bits per heavy atom. The van der Waals surface area contributed by atoms with E-state index in [1.54, 1.807) is 0 Å². The van der Waals surface area contributed by atoms with Crippen molar-refractivity contribution in [1.82, 2.24) is 5.32 Å². The van der Waals surface area contributed by atoms with Crippen molar-refractivity contribution in [3.8, 4) is 0 Å². The molecule has 0 aliphatic rings. The lowest BCUT2D eigenvalue weighted by atomic mass is 10.1. The molecule has 17 heavy (non-hydrogen) atoms. The standard InChI is InChI=1S/C11H13BrF3NS/c1-8(9-3-2-4-10(12)7-9)16-5-6-17-11(13,14)15/h2-4,7-8,16H,5-6H2,1H3/t8-/m1/s1. The second-order valence-corrected chi connectivity index (χ2v) is 5.60. The van der Waals surface area contributed by atoms with Crippen molar-refractivity contribution in [2.75, 3.05) is 12.3 Å². The maximum Gasteiger partial charge on any atom is 0.441 e. The molecule has 0 spiro atoms. The third-order valence-electron chi connectivity index (χ3n) is 2.17. The molecule has 0 fully saturated rings. The van der Waals surface area contributed by atoms with Crippen molar-refractivity contribution in [2.24, 2.45) is 0 Å². The molecule has 0 saturated heterocycles. The summed E-state index contributed by atoms with van der Waals surface area (Å²) >= 11 is 3.36. The minimum Gasteiger partial charge on any atom is -0.309 e. The SMILES string of the molecule is C[C@@H](NCCSC(F)(F)F)c1cccc(Br)c1. The molecule has 1 nitrogen and oxygen atoms in total. The predicted molar refractivity (Wildman–Crippen MR) is 69.1 cm³/mol. The molecule has 0 saturated carbocycles. The highest BCUT2D eigenvalue weighted by Gasteiger charge is 2.27. The van der Waals surface area contributed by atoms with E-state index in [0.717, 1.165) is 10.0 Å². The van der Waals surface area contributed by atoms with Gasteiger partial charge in [-0.25, -0.2) is 0 Å². The third kappa shape index (κ3) is 6.33. The van der Waals surface area contributed by atoms with E-state index in [1.807, 2.05) is 31.2 Å². The average molecular weight is 328 g/mol. The molecule has 0 aliphatic heterocycles. The molecule has 96 valence electrons. The first-order chi connectivity index (χ1) is 7.88. The van der Waals surface area contributed by atoms with Crippen LogP contribution in [0.5, 0.6) is 0 Å². The first-order valence-corrected chi connectivity index (χ1v) is 6.86. The predicted octanol–water partition coefficient (Wildman–Crippen LogP) is 4.35. The third-order valence-corrected chi connectivity index (χ3v) is 3.40. The van der Waals surface area contributed by atoms with Gasteiger partial charge in [0.1, 0.15) is 0 Å². The maximum atomic E-state index is 11.9. The summed E-state index contributed by atoms with van der Waals surface area (Å²) in [6.07, 6.45) is 0. The second kappa shape index (κ2) is 6.66. The number of hydrogen-bond acceptors (Lipinski definition) is 2. The van der Waals surface area contributed by atoms with E-state index < -0.39 is 5.51 Å². The molecular weight excluding hydrogens is 315 g/mol. The largest absolute Gasteiger partial charge is 0.441 e. The van der Waals surface area contributed by atoms with Crippen LogP contribution in [0.3, 0.4) is 0 Å². The van der Waals surface area contributed by atoms with Crippen LogP contribution in [0.1, 0.15) is 18.5 Å². The summed E-state index contributed by atoms with van der Waals surface area (Å²) < 4.78 is 36.6. The Morgan fingerprint density at radius 3 is 2.71 bits per heavy atom. The van der Waals surface area contributed by atoms with Crippen LogP contribution in [-0.4, -0.2) is 17.8 Å². The molecule has 1 rings (SSSR count). The van der Waals surface area contributed by atoms with Gasteiger partial charge in [0.15, 0.2) is 0 Å². The molecule has 0 radical (unpaired) electrons. The van der Waals surface area contributed by atoms with Crippen LogP contribution in [0.25, 0.3) is 0 Å². The normalized spacial score (nSPS) is 13.7. The molecule has 1 atom stereocenters. The lowest BCUT2D eigenvalue weighted by molar-refractivity contribution is -0.0327. The van der Waals surface area contributed by atoms with E-state index in [9.17, 15) is 13.2 Å². The average Bonchev–Trinajstić information content (AvgIpc) is 2.23. The number of halogens is 4. The van der Waals surface area contributed by atoms with Crippen molar-refractivity contribution in [1.29, 1.82) is 0 Å². The first kappa shape index (κ1) is 14.9. The van der Waals surface area contributed by atoms with Crippen molar-refractivity contribution < 1.29 is 13.2 Å². The molecule has 1 aromatic rings. The molecule has 0 heterocycles. The molecule has 0 bridgehead atoms. The van der Waals surface area contributed by atoms with Crippen LogP contribution in [0, 0.1) is 0 Å². The van der Waals surface area contributed by atoms with Gasteiger partial charge in [-0.05, 0) is 36.4 Å². The summed E-state index contributed by atoms with van der Waals surface area (Å²) in [6, 6.07) is 7.76. The van der Waals surface area contributed by atoms with Crippen LogP contribution >= 0.6 is 27.7 Å². The fourth-order valence-corrected chi connectivity index (χ4v) is 2.20. The number of rotatable bonds is 5. The van der Waals surface area contributed by atoms with Crippen LogP contribution in [-0.2, 0) is 0 Å². The van der Waals surface area contributed by atoms with Gasteiger partial charge in [-0.3, -0.25) is 0 Å². The molecule has 1 aromatic carbocycles. The van der Waals surface area contributed by atoms with Crippen LogP contribution in [0.2, 0.25) is 0 Å². The number of nitrogens with one attached hydrogen (secondary N) is 1. The number of alkyl halides is 3. The number of hydrogen-bond donors (Lipinski definition) is 1. The zero-order valence-corrected chi connectivity index (χ0v) is 11.6. The Kier molecular flexibility index (Phi) is 5.82. The zero-order chi connectivity index (χ0) is 12.9. The van der Waals surface area contributed by atoms with Gasteiger partial charge in [0.05, 0.1) is 0 Å². The summed E-state index contributed by atoms with van der Waals surface area (Å²) in [5, 5.41) is 3.06. The van der Waals surface area contributed by atoms with E-state index >= 15 is 0 Å². The Balaban J connectivity index is 2.33. The van der Waals surface area contributed by atoms with Crippen molar-refractivity contribution in [2.45, 2.75) is 18.5 Å². The summed E-state index contributed by atoms with van der Waals surface area (Å²) in [5.74, 6) is 0.0296. The van der Waals surface area contributed by atoms with Crippen LogP contribution in [0.15, 0.2) is 28.7 Å². The van der Waals surface area contributed by atoms with Gasteiger partial charge in [-0.15, -0.1) is 0 Å². The smallest absolute Gasteiger partial charge is 0.309 e. The molecular formula is C11H13BrF3NS. The number of benzene rings is 1. The minimum atomic E-state index is -4.14. The zero-order valence-electron chi connectivity index (χ0n) is 9.22. The lowest BCUT2D eigenvalue weighted by Crippen LogP contribution is -2.22. The highest BCUT2D eigenvalue weighted by molar-refractivity contribution is 9.10. The van der Waals surface area contributed by atoms with Crippen molar-refractivity contribution >= 4 is 27.7 Å². The van der Waals surface area contributed by atoms with Gasteiger partial charge in [-0.1, -0.05) is 28.1 Å². The molecule has 0 aromatic heterocycles. The monoisotopic (exact) mass is 327 g/mol. The van der Waals surface area contributed by atoms with Gasteiger partial charge < -0.3 is 5.32 Å². The van der Waals surface area contributed by atoms with Gasteiger partial charge in [0, 0.05) is 22.8 Å². The molecule has 0 unspecified atom stereocenters. The lowest BCUT2D eigenvalue weighted by Gasteiger charge is -2.14. The van der Waals surface area contributed by atoms with E-state index in [4.69, 9.17) is 0 Å². The highest BCUT2D eigenvalue weighted by atomic mass is 79.9. The fourth-order valence-electron chi connectivity index (χ4n) is 1.34. The summed E-state index contributed by atoms with van der Waals surface area (Å²) in [7, 11) is 0. The van der Waals surface area contributed by atoms with Crippen LogP contribution in [0.4, 0.5) is 13.2 Å². The first-order valence-electron chi connectivity index (χ1n) is 5.08. The molecule has 0 amide bonds. The quantitative estimate of drug-likeness (QED) is 0.807. The van der Waals surface area contributed by atoms with E-state index in [2.05, 4.69) is 21.2 Å². The highest BCUT2D eigenvalue weighted by Crippen LogP contribution is 2.29. The molecule has 6 heteroatoms. The summed E-state index contributed by atoms with van der Waals surface area (Å²) in [6.45, 7) is 2.26. The van der Waals surface area contributed by atoms with Gasteiger partial charge in [-0.2, -0.15) is 13.2 Å². The Hall–Kier alpha value is -0.200. The second-order valence-electron chi connectivity index (χ2n) is 3.53. The topological polar surface area (TPSA) is 12.0 Å². The molecule has 1 N–H and O–H groups in total. The van der Waals surface area contributed by atoms with Crippen LogP contribution < -0.4 is 5.32 Å². The molecule has 0 aliphatic carbocycles. The Morgan fingerprint density at radius 1 is 1.41 bits per heavy atom. The Labute approximate surface area is 111 Å². The van der Waals surface area contributed by atoms with E-state index in [0.29, 0.717) is 6.54 Å². The van der Waals surface area contributed by atoms with Crippen molar-refractivity contribution in [3.05, 3.63) is 34.3 Å². The van der Waals surface area contributed by atoms with E-state index in [-0.39, 0.29) is 23.6 Å². The Bertz CT molecular complexity index is 357. The minimum absolute atomic E-state index is 0.00214. The van der Waals surface area contributed by atoms with Gasteiger partial charge in [0.2, 0.25) is 0 Å². The van der Waals surface area contributed by atoms with Crippen molar-refractivity contribution in [3.63, 3.8) is 0 Å². The number of thioether (sulfide) groups is 1. The summed E-state index contributed by atoms with van der Waals surface area (Å²) in [5.41, 5.74) is -3.09.